The van der Waals surface area contributed by atoms with Crippen molar-refractivity contribution in [2.24, 2.45) is 0 Å². The van der Waals surface area contributed by atoms with Crippen LogP contribution in [-0.2, 0) is 5.41 Å². The Morgan fingerprint density at radius 1 is 0.393 bits per heavy atom. The Morgan fingerprint density at radius 3 is 1.75 bits per heavy atom. The first kappa shape index (κ1) is 32.3. The zero-order valence-corrected chi connectivity index (χ0v) is 31.1. The Morgan fingerprint density at radius 2 is 0.964 bits per heavy atom. The second-order valence-electron chi connectivity index (χ2n) is 15.1. The van der Waals surface area contributed by atoms with Gasteiger partial charge in [-0.1, -0.05) is 152 Å². The lowest BCUT2D eigenvalue weighted by Crippen LogP contribution is -2.22. The Balaban J connectivity index is 1.02. The number of fused-ring (bicyclic) bond motifs is 7. The molecule has 10 aromatic rings. The molecular weight excluding hydrogens is 677 g/mol. The van der Waals surface area contributed by atoms with Crippen molar-refractivity contribution < 1.29 is 0 Å². The Bertz CT molecular complexity index is 3050. The van der Waals surface area contributed by atoms with Crippen molar-refractivity contribution in [2.45, 2.75) is 12.3 Å². The van der Waals surface area contributed by atoms with Crippen LogP contribution >= 0.6 is 0 Å². The Labute approximate surface area is 327 Å². The summed E-state index contributed by atoms with van der Waals surface area (Å²) in [7, 11) is 0. The summed E-state index contributed by atoms with van der Waals surface area (Å²) in [5.74, 6) is 0. The lowest BCUT2D eigenvalue weighted by Gasteiger charge is -2.30. The predicted molar refractivity (Wildman–Crippen MR) is 236 cm³/mol. The molecule has 56 heavy (non-hydrogen) atoms. The molecule has 1 aliphatic carbocycles. The summed E-state index contributed by atoms with van der Waals surface area (Å²) in [6.07, 6.45) is 0. The molecule has 0 atom stereocenters. The maximum atomic E-state index is 2.43. The summed E-state index contributed by atoms with van der Waals surface area (Å²) in [6, 6.07) is 77.7. The third-order valence-electron chi connectivity index (χ3n) is 12.1. The molecule has 0 radical (unpaired) electrons. The third-order valence-corrected chi connectivity index (χ3v) is 12.1. The molecule has 0 aliphatic heterocycles. The van der Waals surface area contributed by atoms with Crippen LogP contribution in [0.15, 0.2) is 212 Å². The van der Waals surface area contributed by atoms with Gasteiger partial charge in [0.1, 0.15) is 0 Å². The van der Waals surface area contributed by atoms with Gasteiger partial charge in [0, 0.05) is 38.6 Å². The van der Waals surface area contributed by atoms with Crippen LogP contribution in [0, 0.1) is 0 Å². The summed E-state index contributed by atoms with van der Waals surface area (Å²) in [5.41, 5.74) is 15.8. The number of nitrogens with zero attached hydrogens (tertiary/aromatic N) is 2. The fourth-order valence-corrected chi connectivity index (χ4v) is 9.37. The van der Waals surface area contributed by atoms with E-state index in [1.54, 1.807) is 0 Å². The van der Waals surface area contributed by atoms with Crippen molar-refractivity contribution in [2.75, 3.05) is 4.90 Å². The predicted octanol–water partition coefficient (Wildman–Crippen LogP) is 14.4. The normalized spacial score (nSPS) is 12.9. The van der Waals surface area contributed by atoms with E-state index in [2.05, 4.69) is 229 Å². The number of rotatable bonds is 6. The van der Waals surface area contributed by atoms with E-state index in [4.69, 9.17) is 0 Å². The molecular formula is C54H38N2. The van der Waals surface area contributed by atoms with Crippen LogP contribution in [-0.4, -0.2) is 4.57 Å². The van der Waals surface area contributed by atoms with E-state index in [0.717, 1.165) is 17.1 Å². The van der Waals surface area contributed by atoms with E-state index in [-0.39, 0.29) is 5.41 Å². The minimum absolute atomic E-state index is 0.238. The number of para-hydroxylation sites is 2. The van der Waals surface area contributed by atoms with E-state index >= 15 is 0 Å². The van der Waals surface area contributed by atoms with Crippen molar-refractivity contribution in [3.05, 3.63) is 229 Å². The monoisotopic (exact) mass is 714 g/mol. The van der Waals surface area contributed by atoms with Gasteiger partial charge in [-0.3, -0.25) is 0 Å². The highest BCUT2D eigenvalue weighted by molar-refractivity contribution is 6.11. The molecule has 0 amide bonds. The molecule has 9 aromatic carbocycles. The SMILES string of the molecule is CC1(c2ccc(N(c3ccccc3)c3cccc(-c4ccc5c(c4)c4ccccc4n5-c4cccc5ccccc45)c3)cc2)c2ccccc2-c2ccccc21. The van der Waals surface area contributed by atoms with Gasteiger partial charge < -0.3 is 9.47 Å². The van der Waals surface area contributed by atoms with Gasteiger partial charge in [0.25, 0.3) is 0 Å². The van der Waals surface area contributed by atoms with Crippen LogP contribution < -0.4 is 4.90 Å². The van der Waals surface area contributed by atoms with Crippen LogP contribution in [0.4, 0.5) is 17.1 Å². The number of benzene rings is 9. The number of anilines is 3. The lowest BCUT2D eigenvalue weighted by atomic mass is 9.74. The van der Waals surface area contributed by atoms with E-state index in [0.29, 0.717) is 0 Å². The molecule has 0 unspecified atom stereocenters. The van der Waals surface area contributed by atoms with Gasteiger partial charge in [0.2, 0.25) is 0 Å². The van der Waals surface area contributed by atoms with Gasteiger partial charge in [-0.25, -0.2) is 0 Å². The third kappa shape index (κ3) is 4.89. The first-order chi connectivity index (χ1) is 27.7. The molecule has 2 heteroatoms. The van der Waals surface area contributed by atoms with Crippen molar-refractivity contribution in [3.63, 3.8) is 0 Å². The summed E-state index contributed by atoms with van der Waals surface area (Å²) in [4.78, 5) is 2.37. The molecule has 1 aliphatic rings. The Hall–Kier alpha value is -7.16. The highest BCUT2D eigenvalue weighted by Gasteiger charge is 2.40. The molecule has 0 fully saturated rings. The van der Waals surface area contributed by atoms with E-state index in [9.17, 15) is 0 Å². The summed E-state index contributed by atoms with van der Waals surface area (Å²) in [6.45, 7) is 2.38. The van der Waals surface area contributed by atoms with Gasteiger partial charge in [-0.05, 0) is 112 Å². The quantitative estimate of drug-likeness (QED) is 0.166. The fraction of sp³-hybridized carbons (Fsp3) is 0.0370. The molecule has 1 heterocycles. The molecule has 11 rings (SSSR count). The minimum atomic E-state index is -0.238. The van der Waals surface area contributed by atoms with Crippen LogP contribution in [0.5, 0.6) is 0 Å². The fourth-order valence-electron chi connectivity index (χ4n) is 9.37. The van der Waals surface area contributed by atoms with Crippen molar-refractivity contribution in [3.8, 4) is 27.9 Å². The largest absolute Gasteiger partial charge is 0.310 e. The zero-order valence-electron chi connectivity index (χ0n) is 31.1. The van der Waals surface area contributed by atoms with Gasteiger partial charge in [0.05, 0.1) is 16.7 Å². The number of hydrogen-bond donors (Lipinski definition) is 0. The van der Waals surface area contributed by atoms with Crippen LogP contribution in [0.1, 0.15) is 23.6 Å². The standard InChI is InChI=1S/C54H38N2/c1-54(49-25-10-7-22-45(49)46-23-8-11-26-50(46)54)40-30-32-42(33-31-40)55(41-18-3-2-4-19-41)43-20-13-17-38(35-43)39-29-34-53-48(36-39)47-24-9-12-27-52(47)56(53)51-28-14-16-37-15-5-6-21-44(37)51/h2-36H,1H3. The van der Waals surface area contributed by atoms with Gasteiger partial charge in [0.15, 0.2) is 0 Å². The first-order valence-corrected chi connectivity index (χ1v) is 19.4. The molecule has 0 saturated heterocycles. The Kier molecular flexibility index (Phi) is 7.33. The zero-order chi connectivity index (χ0) is 37.2. The van der Waals surface area contributed by atoms with Crippen LogP contribution in [0.3, 0.4) is 0 Å². The first-order valence-electron chi connectivity index (χ1n) is 19.4. The van der Waals surface area contributed by atoms with Crippen LogP contribution in [0.25, 0.3) is 60.5 Å². The van der Waals surface area contributed by atoms with Gasteiger partial charge in [-0.15, -0.1) is 0 Å². The highest BCUT2D eigenvalue weighted by Crippen LogP contribution is 2.52. The maximum Gasteiger partial charge on any atom is 0.0541 e. The van der Waals surface area contributed by atoms with Crippen molar-refractivity contribution >= 4 is 49.6 Å². The summed E-state index contributed by atoms with van der Waals surface area (Å²) in [5, 5.41) is 4.98. The highest BCUT2D eigenvalue weighted by atomic mass is 15.1. The molecule has 0 saturated carbocycles. The van der Waals surface area contributed by atoms with Gasteiger partial charge in [-0.2, -0.15) is 0 Å². The lowest BCUT2D eigenvalue weighted by molar-refractivity contribution is 0.714. The molecule has 0 N–H and O–H groups in total. The molecule has 0 bridgehead atoms. The van der Waals surface area contributed by atoms with E-state index < -0.39 is 0 Å². The van der Waals surface area contributed by atoms with E-state index in [1.807, 2.05) is 0 Å². The number of aromatic nitrogens is 1. The molecule has 1 aromatic heterocycles. The van der Waals surface area contributed by atoms with E-state index in [1.165, 1.54) is 77.2 Å². The smallest absolute Gasteiger partial charge is 0.0541 e. The number of hydrogen-bond acceptors (Lipinski definition) is 1. The topological polar surface area (TPSA) is 8.17 Å². The van der Waals surface area contributed by atoms with Gasteiger partial charge >= 0.3 is 0 Å². The maximum absolute atomic E-state index is 2.43. The van der Waals surface area contributed by atoms with Crippen molar-refractivity contribution in [1.29, 1.82) is 0 Å². The second kappa shape index (κ2) is 12.7. The van der Waals surface area contributed by atoms with Crippen molar-refractivity contribution in [1.82, 2.24) is 4.57 Å². The molecule has 264 valence electrons. The summed E-state index contributed by atoms with van der Waals surface area (Å²) < 4.78 is 2.43. The second-order valence-corrected chi connectivity index (χ2v) is 15.1. The minimum Gasteiger partial charge on any atom is -0.310 e. The molecule has 0 spiro atoms. The average Bonchev–Trinajstić information content (AvgIpc) is 3.74. The summed E-state index contributed by atoms with van der Waals surface area (Å²) >= 11 is 0. The molecule has 2 nitrogen and oxygen atoms in total. The average molecular weight is 715 g/mol. The van der Waals surface area contributed by atoms with Crippen LogP contribution in [0.2, 0.25) is 0 Å².